The molecule has 22 heavy (non-hydrogen) atoms. The van der Waals surface area contributed by atoms with Crippen molar-refractivity contribution in [3.63, 3.8) is 0 Å². The summed E-state index contributed by atoms with van der Waals surface area (Å²) in [5.41, 5.74) is 3.86. The Morgan fingerprint density at radius 3 is 2.05 bits per heavy atom. The van der Waals surface area contributed by atoms with Gasteiger partial charge in [0.15, 0.2) is 6.10 Å². The molecule has 0 aromatic heterocycles. The van der Waals surface area contributed by atoms with Crippen LogP contribution in [0.15, 0.2) is 60.7 Å². The maximum atomic E-state index is 10.2. The average molecular weight is 303 g/mol. The van der Waals surface area contributed by atoms with E-state index in [4.69, 9.17) is 15.4 Å². The summed E-state index contributed by atoms with van der Waals surface area (Å²) in [6.07, 6.45) is 0.589. The molecule has 0 radical (unpaired) electrons. The van der Waals surface area contributed by atoms with E-state index in [1.165, 1.54) is 5.56 Å². The molecule has 0 unspecified atom stereocenters. The molecule has 2 rings (SSSR count). The molecule has 0 aliphatic carbocycles. The van der Waals surface area contributed by atoms with Crippen molar-refractivity contribution in [2.45, 2.75) is 18.9 Å². The van der Waals surface area contributed by atoms with E-state index in [1.807, 2.05) is 18.2 Å². The van der Waals surface area contributed by atoms with Crippen LogP contribution in [0.2, 0.25) is 0 Å². The first kappa shape index (κ1) is 17.8. The molecule has 1 atom stereocenters. The van der Waals surface area contributed by atoms with E-state index >= 15 is 0 Å². The molecule has 5 nitrogen and oxygen atoms in total. The van der Waals surface area contributed by atoms with Gasteiger partial charge >= 0.3 is 5.97 Å². The van der Waals surface area contributed by atoms with Crippen LogP contribution < -0.4 is 5.48 Å². The first-order valence-electron chi connectivity index (χ1n) is 7.02. The fourth-order valence-corrected chi connectivity index (χ4v) is 1.79. The molecule has 5 heteroatoms. The maximum Gasteiger partial charge on any atom is 0.337 e. The van der Waals surface area contributed by atoms with Crippen molar-refractivity contribution in [3.8, 4) is 0 Å². The Labute approximate surface area is 129 Å². The van der Waals surface area contributed by atoms with Gasteiger partial charge in [-0.1, -0.05) is 60.7 Å². The molecular weight excluding hydrogens is 282 g/mol. The Hall–Kier alpha value is -2.21. The van der Waals surface area contributed by atoms with Crippen LogP contribution in [-0.2, 0) is 11.2 Å². The van der Waals surface area contributed by atoms with Crippen molar-refractivity contribution in [3.05, 3.63) is 71.8 Å². The van der Waals surface area contributed by atoms with Gasteiger partial charge in [0.25, 0.3) is 0 Å². The van der Waals surface area contributed by atoms with Crippen LogP contribution in [0.3, 0.4) is 0 Å². The highest BCUT2D eigenvalue weighted by molar-refractivity contribution is 5.73. The van der Waals surface area contributed by atoms with Crippen molar-refractivity contribution in [1.29, 1.82) is 0 Å². The Bertz CT molecular complexity index is 531. The summed E-state index contributed by atoms with van der Waals surface area (Å²) in [5, 5.41) is 25.7. The van der Waals surface area contributed by atoms with Gasteiger partial charge in [-0.3, -0.25) is 0 Å². The predicted octanol–water partition coefficient (Wildman–Crippen LogP) is 2.40. The van der Waals surface area contributed by atoms with Crippen LogP contribution in [0.1, 0.15) is 23.7 Å². The predicted molar refractivity (Wildman–Crippen MR) is 83.6 cm³/mol. The third kappa shape index (κ3) is 6.99. The zero-order valence-corrected chi connectivity index (χ0v) is 12.2. The number of aliphatic carboxylic acids is 1. The number of carboxylic acids is 1. The summed E-state index contributed by atoms with van der Waals surface area (Å²) in [6, 6.07) is 18.5. The summed E-state index contributed by atoms with van der Waals surface area (Å²) in [7, 11) is 0. The number of hydrogen-bond acceptors (Lipinski definition) is 4. The fraction of sp³-hybridized carbons (Fsp3) is 0.235. The Morgan fingerprint density at radius 2 is 1.55 bits per heavy atom. The lowest BCUT2D eigenvalue weighted by Gasteiger charge is -2.03. The summed E-state index contributed by atoms with van der Waals surface area (Å²) >= 11 is 0. The van der Waals surface area contributed by atoms with E-state index in [9.17, 15) is 4.79 Å². The molecule has 0 heterocycles. The lowest BCUT2D eigenvalue weighted by atomic mass is 10.1. The first-order valence-corrected chi connectivity index (χ1v) is 7.02. The molecule has 0 aliphatic rings. The third-order valence-electron chi connectivity index (χ3n) is 2.95. The van der Waals surface area contributed by atoms with Gasteiger partial charge in [-0.05, 0) is 24.0 Å². The largest absolute Gasteiger partial charge is 0.479 e. The first-order chi connectivity index (χ1) is 10.6. The number of benzene rings is 2. The highest BCUT2D eigenvalue weighted by Crippen LogP contribution is 2.10. The summed E-state index contributed by atoms with van der Waals surface area (Å²) in [6.45, 7) is 0.662. The van der Waals surface area contributed by atoms with Crippen LogP contribution in [0.4, 0.5) is 0 Å². The van der Waals surface area contributed by atoms with Crippen molar-refractivity contribution in [1.82, 2.24) is 5.48 Å². The number of aliphatic hydroxyl groups excluding tert-OH is 1. The highest BCUT2D eigenvalue weighted by atomic mass is 16.5. The van der Waals surface area contributed by atoms with Gasteiger partial charge in [0, 0.05) is 6.54 Å². The van der Waals surface area contributed by atoms with Crippen molar-refractivity contribution in [2.75, 3.05) is 6.54 Å². The lowest BCUT2D eigenvalue weighted by molar-refractivity contribution is -0.146. The average Bonchev–Trinajstić information content (AvgIpc) is 2.57. The standard InChI is InChI=1S/C9H13NO.C8H8O3/c11-10-8-4-7-9-5-2-1-3-6-9;9-7(8(10)11)6-4-2-1-3-5-6/h1-3,5-6,10-11H,4,7-8H2;1-5,7,9H,(H,10,11)/t;7-/m.0/s1. The molecule has 0 spiro atoms. The van der Waals surface area contributed by atoms with Crippen molar-refractivity contribution < 1.29 is 20.2 Å². The number of hydrogen-bond donors (Lipinski definition) is 4. The van der Waals surface area contributed by atoms with Gasteiger partial charge in [-0.25, -0.2) is 10.3 Å². The monoisotopic (exact) mass is 303 g/mol. The van der Waals surface area contributed by atoms with Crippen molar-refractivity contribution in [2.24, 2.45) is 0 Å². The van der Waals surface area contributed by atoms with E-state index in [0.717, 1.165) is 12.8 Å². The molecule has 0 aliphatic heterocycles. The number of carbonyl (C=O) groups is 1. The number of hydroxylamine groups is 1. The minimum absolute atomic E-state index is 0.403. The third-order valence-corrected chi connectivity index (χ3v) is 2.95. The van der Waals surface area contributed by atoms with Gasteiger partial charge in [-0.2, -0.15) is 0 Å². The quantitative estimate of drug-likeness (QED) is 0.486. The Kier molecular flexibility index (Phi) is 8.52. The smallest absolute Gasteiger partial charge is 0.337 e. The molecule has 2 aromatic carbocycles. The van der Waals surface area contributed by atoms with Gasteiger partial charge in [0.1, 0.15) is 0 Å². The van der Waals surface area contributed by atoms with Crippen LogP contribution in [0.5, 0.6) is 0 Å². The minimum Gasteiger partial charge on any atom is -0.479 e. The summed E-state index contributed by atoms with van der Waals surface area (Å²) in [5.74, 6) is -1.23. The number of rotatable bonds is 6. The fourth-order valence-electron chi connectivity index (χ4n) is 1.79. The van der Waals surface area contributed by atoms with Crippen molar-refractivity contribution >= 4 is 5.97 Å². The Balaban J connectivity index is 0.000000220. The molecule has 2 aromatic rings. The second-order valence-electron chi connectivity index (χ2n) is 4.65. The highest BCUT2D eigenvalue weighted by Gasteiger charge is 2.14. The normalized spacial score (nSPS) is 11.2. The van der Waals surface area contributed by atoms with Crippen LogP contribution >= 0.6 is 0 Å². The van der Waals surface area contributed by atoms with E-state index < -0.39 is 12.1 Å². The van der Waals surface area contributed by atoms with Gasteiger partial charge in [-0.15, -0.1) is 0 Å². The summed E-state index contributed by atoms with van der Waals surface area (Å²) in [4.78, 5) is 10.2. The molecule has 4 N–H and O–H groups in total. The Morgan fingerprint density at radius 1 is 1.00 bits per heavy atom. The van der Waals surface area contributed by atoms with Crippen LogP contribution in [0, 0.1) is 0 Å². The molecule has 0 fully saturated rings. The molecular formula is C17H21NO4. The van der Waals surface area contributed by atoms with E-state index in [2.05, 4.69) is 17.6 Å². The second-order valence-corrected chi connectivity index (χ2v) is 4.65. The lowest BCUT2D eigenvalue weighted by Crippen LogP contribution is -2.09. The molecule has 0 saturated carbocycles. The van der Waals surface area contributed by atoms with E-state index in [-0.39, 0.29) is 0 Å². The number of nitrogens with one attached hydrogen (secondary N) is 1. The topological polar surface area (TPSA) is 89.8 Å². The molecule has 0 amide bonds. The van der Waals surface area contributed by atoms with Gasteiger partial charge in [0.2, 0.25) is 0 Å². The van der Waals surface area contributed by atoms with Gasteiger partial charge < -0.3 is 15.4 Å². The zero-order chi connectivity index (χ0) is 16.2. The zero-order valence-electron chi connectivity index (χ0n) is 12.2. The maximum absolute atomic E-state index is 10.2. The number of aliphatic hydroxyl groups is 1. The van der Waals surface area contributed by atoms with E-state index in [1.54, 1.807) is 30.3 Å². The molecule has 0 bridgehead atoms. The minimum atomic E-state index is -1.41. The molecule has 0 saturated heterocycles. The number of carboxylic acid groups (broad SMARTS) is 1. The van der Waals surface area contributed by atoms with E-state index in [0.29, 0.717) is 12.1 Å². The second kappa shape index (κ2) is 10.5. The van der Waals surface area contributed by atoms with Crippen LogP contribution in [0.25, 0.3) is 0 Å². The SMILES string of the molecule is O=C(O)[C@@H](O)c1ccccc1.ONCCCc1ccccc1. The van der Waals surface area contributed by atoms with Gasteiger partial charge in [0.05, 0.1) is 0 Å². The number of aryl methyl sites for hydroxylation is 1. The summed E-state index contributed by atoms with van der Waals surface area (Å²) < 4.78 is 0. The molecule has 118 valence electrons. The van der Waals surface area contributed by atoms with Crippen LogP contribution in [-0.4, -0.2) is 27.9 Å².